The molecule has 0 aromatic heterocycles. The summed E-state index contributed by atoms with van der Waals surface area (Å²) < 4.78 is 4.67. The highest BCUT2D eigenvalue weighted by atomic mass is 16.5. The van der Waals surface area contributed by atoms with Gasteiger partial charge in [0.1, 0.15) is 0 Å². The molecule has 0 aliphatic heterocycles. The van der Waals surface area contributed by atoms with Gasteiger partial charge in [-0.2, -0.15) is 0 Å². The normalized spacial score (nSPS) is 10.4. The van der Waals surface area contributed by atoms with Gasteiger partial charge in [-0.3, -0.25) is 5.32 Å². The summed E-state index contributed by atoms with van der Waals surface area (Å²) in [5.41, 5.74) is 3.55. The van der Waals surface area contributed by atoms with E-state index >= 15 is 0 Å². The number of ether oxygens (including phenoxy) is 1. The number of hydrogen-bond acceptors (Lipinski definition) is 3. The third kappa shape index (κ3) is 6.66. The fraction of sp³-hybridized carbons (Fsp3) is 0.333. The summed E-state index contributed by atoms with van der Waals surface area (Å²) in [4.78, 5) is 23.6. The van der Waals surface area contributed by atoms with Crippen LogP contribution >= 0.6 is 0 Å². The van der Waals surface area contributed by atoms with Crippen LogP contribution in [-0.4, -0.2) is 25.8 Å². The summed E-state index contributed by atoms with van der Waals surface area (Å²) in [6.45, 7) is 4.72. The quantitative estimate of drug-likeness (QED) is 0.675. The first-order valence-corrected chi connectivity index (χ1v) is 9.05. The zero-order chi connectivity index (χ0) is 19.6. The fourth-order valence-corrected chi connectivity index (χ4v) is 2.61. The maximum absolute atomic E-state index is 12.1. The molecule has 0 unspecified atom stereocenters. The predicted octanol–water partition coefficient (Wildman–Crippen LogP) is 4.43. The number of aryl methyl sites for hydroxylation is 2. The van der Waals surface area contributed by atoms with E-state index in [1.807, 2.05) is 62.4 Å². The highest BCUT2D eigenvalue weighted by Gasteiger charge is 2.10. The molecule has 0 radical (unpaired) electrons. The molecule has 0 saturated carbocycles. The summed E-state index contributed by atoms with van der Waals surface area (Å²) in [5.74, 6) is 0.393. The summed E-state index contributed by atoms with van der Waals surface area (Å²) >= 11 is 0. The van der Waals surface area contributed by atoms with Gasteiger partial charge in [-0.05, 0) is 42.0 Å². The van der Waals surface area contributed by atoms with Gasteiger partial charge in [0.2, 0.25) is 0 Å². The van der Waals surface area contributed by atoms with Crippen molar-refractivity contribution in [2.24, 2.45) is 5.92 Å². The number of nitrogens with one attached hydrogen (secondary N) is 3. The molecule has 2 rings (SSSR count). The van der Waals surface area contributed by atoms with E-state index in [1.54, 1.807) is 0 Å². The molecule has 0 heterocycles. The molecule has 27 heavy (non-hydrogen) atoms. The van der Waals surface area contributed by atoms with Gasteiger partial charge in [-0.25, -0.2) is 9.59 Å². The number of carbonyl (C=O) groups is 2. The Balaban J connectivity index is 2.05. The van der Waals surface area contributed by atoms with Crippen LogP contribution in [0.25, 0.3) is 0 Å². The summed E-state index contributed by atoms with van der Waals surface area (Å²) in [7, 11) is 1.34. The summed E-state index contributed by atoms with van der Waals surface area (Å²) in [6, 6.07) is 15.1. The third-order valence-corrected chi connectivity index (χ3v) is 4.04. The molecular formula is C21H27N3O3. The third-order valence-electron chi connectivity index (χ3n) is 4.04. The number of carbonyl (C=O) groups excluding carboxylic acids is 2. The van der Waals surface area contributed by atoms with E-state index in [9.17, 15) is 9.59 Å². The lowest BCUT2D eigenvalue weighted by Gasteiger charge is -2.14. The first-order chi connectivity index (χ1) is 13.0. The van der Waals surface area contributed by atoms with Gasteiger partial charge in [0.15, 0.2) is 0 Å². The van der Waals surface area contributed by atoms with Crippen molar-refractivity contribution >= 4 is 23.5 Å². The molecule has 0 aliphatic carbocycles. The van der Waals surface area contributed by atoms with Crippen molar-refractivity contribution in [2.75, 3.05) is 24.3 Å². The molecule has 0 bridgehead atoms. The minimum absolute atomic E-state index is 0.205. The highest BCUT2D eigenvalue weighted by Crippen LogP contribution is 2.21. The molecular weight excluding hydrogens is 342 g/mol. The Morgan fingerprint density at radius 2 is 1.41 bits per heavy atom. The lowest BCUT2D eigenvalue weighted by Crippen LogP contribution is -2.32. The van der Waals surface area contributed by atoms with Crippen LogP contribution in [-0.2, 0) is 17.6 Å². The number of urea groups is 1. The van der Waals surface area contributed by atoms with E-state index in [1.165, 1.54) is 7.11 Å². The molecule has 6 nitrogen and oxygen atoms in total. The van der Waals surface area contributed by atoms with Gasteiger partial charge in [0, 0.05) is 17.9 Å². The summed E-state index contributed by atoms with van der Waals surface area (Å²) in [6.07, 6.45) is 0.943. The van der Waals surface area contributed by atoms with Crippen LogP contribution in [0.3, 0.4) is 0 Å². The number of benzene rings is 2. The van der Waals surface area contributed by atoms with Crippen LogP contribution in [0.1, 0.15) is 25.0 Å². The van der Waals surface area contributed by atoms with Gasteiger partial charge in [0.05, 0.1) is 7.11 Å². The van der Waals surface area contributed by atoms with Crippen molar-refractivity contribution in [1.29, 1.82) is 0 Å². The van der Waals surface area contributed by atoms with Crippen LogP contribution < -0.4 is 16.0 Å². The summed E-state index contributed by atoms with van der Waals surface area (Å²) in [5, 5.41) is 8.51. The first kappa shape index (κ1) is 20.3. The largest absolute Gasteiger partial charge is 0.453 e. The molecule has 144 valence electrons. The van der Waals surface area contributed by atoms with Crippen LogP contribution in [0, 0.1) is 5.92 Å². The van der Waals surface area contributed by atoms with Gasteiger partial charge in [-0.15, -0.1) is 0 Å². The molecule has 0 fully saturated rings. The second kappa shape index (κ2) is 10.2. The van der Waals surface area contributed by atoms with Crippen molar-refractivity contribution in [1.82, 2.24) is 5.32 Å². The van der Waals surface area contributed by atoms with E-state index in [0.29, 0.717) is 18.9 Å². The molecule has 3 N–H and O–H groups in total. The van der Waals surface area contributed by atoms with Crippen LogP contribution in [0.15, 0.2) is 48.5 Å². The minimum atomic E-state index is -0.494. The smallest absolute Gasteiger partial charge is 0.411 e. The van der Waals surface area contributed by atoms with E-state index in [0.717, 1.165) is 28.9 Å². The fourth-order valence-electron chi connectivity index (χ4n) is 2.61. The standard InChI is InChI=1S/C21H27N3O3/c1-15(2)14-22-20(25)23-18-10-6-4-8-16(18)12-13-17-9-5-7-11-19(17)24-21(26)27-3/h4-11,15H,12-14H2,1-3H3,(H,24,26)(H2,22,23,25). The average Bonchev–Trinajstić information content (AvgIpc) is 2.66. The Kier molecular flexibility index (Phi) is 7.67. The van der Waals surface area contributed by atoms with Crippen molar-refractivity contribution in [3.63, 3.8) is 0 Å². The SMILES string of the molecule is COC(=O)Nc1ccccc1CCc1ccccc1NC(=O)NCC(C)C. The Labute approximate surface area is 160 Å². The maximum Gasteiger partial charge on any atom is 0.411 e. The number of amides is 3. The van der Waals surface area contributed by atoms with Crippen LogP contribution in [0.5, 0.6) is 0 Å². The van der Waals surface area contributed by atoms with Crippen molar-refractivity contribution in [2.45, 2.75) is 26.7 Å². The van der Waals surface area contributed by atoms with Crippen molar-refractivity contribution in [3.05, 3.63) is 59.7 Å². The lowest BCUT2D eigenvalue weighted by molar-refractivity contribution is 0.187. The topological polar surface area (TPSA) is 79.5 Å². The maximum atomic E-state index is 12.1. The second-order valence-electron chi connectivity index (χ2n) is 6.66. The monoisotopic (exact) mass is 369 g/mol. The van der Waals surface area contributed by atoms with Gasteiger partial charge < -0.3 is 15.4 Å². The Morgan fingerprint density at radius 1 is 0.889 bits per heavy atom. The number of rotatable bonds is 7. The average molecular weight is 369 g/mol. The Hall–Kier alpha value is -3.02. The van der Waals surface area contributed by atoms with E-state index in [-0.39, 0.29) is 6.03 Å². The molecule has 3 amide bonds. The van der Waals surface area contributed by atoms with Gasteiger partial charge in [0.25, 0.3) is 0 Å². The predicted molar refractivity (Wildman–Crippen MR) is 108 cm³/mol. The molecule has 0 saturated heterocycles. The molecule has 0 spiro atoms. The van der Waals surface area contributed by atoms with E-state index in [2.05, 4.69) is 20.7 Å². The van der Waals surface area contributed by atoms with Crippen molar-refractivity contribution in [3.8, 4) is 0 Å². The van der Waals surface area contributed by atoms with E-state index in [4.69, 9.17) is 0 Å². The van der Waals surface area contributed by atoms with Crippen LogP contribution in [0.2, 0.25) is 0 Å². The molecule has 2 aromatic rings. The van der Waals surface area contributed by atoms with Crippen molar-refractivity contribution < 1.29 is 14.3 Å². The number of para-hydroxylation sites is 2. The zero-order valence-electron chi connectivity index (χ0n) is 16.0. The number of anilines is 2. The Bertz CT molecular complexity index is 775. The highest BCUT2D eigenvalue weighted by molar-refractivity contribution is 5.90. The molecule has 2 aromatic carbocycles. The van der Waals surface area contributed by atoms with Crippen LogP contribution in [0.4, 0.5) is 21.0 Å². The molecule has 6 heteroatoms. The lowest BCUT2D eigenvalue weighted by atomic mass is 10.0. The Morgan fingerprint density at radius 3 is 1.93 bits per heavy atom. The van der Waals surface area contributed by atoms with Gasteiger partial charge >= 0.3 is 12.1 Å². The van der Waals surface area contributed by atoms with E-state index < -0.39 is 6.09 Å². The molecule has 0 aliphatic rings. The number of methoxy groups -OCH3 is 1. The minimum Gasteiger partial charge on any atom is -0.453 e. The van der Waals surface area contributed by atoms with Gasteiger partial charge in [-0.1, -0.05) is 50.2 Å². The molecule has 0 atom stereocenters. The zero-order valence-corrected chi connectivity index (χ0v) is 16.0. The first-order valence-electron chi connectivity index (χ1n) is 9.05. The second-order valence-corrected chi connectivity index (χ2v) is 6.66. The number of hydrogen-bond donors (Lipinski definition) is 3.